The molecule has 0 saturated carbocycles. The Hall–Kier alpha value is 0.150. The maximum Gasteiger partial charge on any atom is 0.188 e. The normalized spacial score (nSPS) is 17.9. The quantitative estimate of drug-likeness (QED) is 0.575. The minimum absolute atomic E-state index is 0.0635. The smallest absolute Gasteiger partial charge is 0.188 e. The van der Waals surface area contributed by atoms with Gasteiger partial charge in [-0.3, -0.25) is 4.57 Å². The first-order valence-electron chi connectivity index (χ1n) is 2.54. The fraction of sp³-hybridized carbons (Fsp3) is 1.00. The molecule has 0 aliphatic rings. The molecule has 0 aliphatic carbocycles. The molecule has 0 rings (SSSR count). The van der Waals surface area contributed by atoms with Crippen LogP contribution in [0, 0.1) is 0 Å². The number of nitrogens with two attached hydrogens (primary N) is 1. The highest BCUT2D eigenvalue weighted by molar-refractivity contribution is 7.38. The summed E-state index contributed by atoms with van der Waals surface area (Å²) in [5.74, 6) is 0. The average Bonchev–Trinajstić information content (AvgIpc) is 1.65. The lowest BCUT2D eigenvalue weighted by Gasteiger charge is -2.05. The van der Waals surface area contributed by atoms with Crippen LogP contribution in [0.15, 0.2) is 0 Å². The highest BCUT2D eigenvalue weighted by Crippen LogP contribution is 2.17. The molecule has 0 amide bonds. The first kappa shape index (κ1) is 8.15. The number of hydrogen-bond donors (Lipinski definition) is 1. The van der Waals surface area contributed by atoms with Crippen molar-refractivity contribution < 1.29 is 9.09 Å². The highest BCUT2D eigenvalue weighted by Gasteiger charge is 1.98. The summed E-state index contributed by atoms with van der Waals surface area (Å²) < 4.78 is 15.1. The van der Waals surface area contributed by atoms with E-state index in [-0.39, 0.29) is 6.10 Å². The first-order valence-corrected chi connectivity index (χ1v) is 4.35. The maximum absolute atomic E-state index is 10.3. The Bertz CT molecular complexity index is 86.1. The first-order chi connectivity index (χ1) is 3.66. The summed E-state index contributed by atoms with van der Waals surface area (Å²) in [6.07, 6.45) is -0.0635. The third-order valence-electron chi connectivity index (χ3n) is 0.699. The fourth-order valence-corrected chi connectivity index (χ4v) is 0.994. The van der Waals surface area contributed by atoms with Crippen LogP contribution >= 0.6 is 8.03 Å². The largest absolute Gasteiger partial charge is 0.328 e. The molecule has 2 N–H and O–H groups in total. The molecule has 2 atom stereocenters. The molecule has 4 heteroatoms. The molecule has 0 aromatic heterocycles. The van der Waals surface area contributed by atoms with Crippen molar-refractivity contribution in [3.63, 3.8) is 0 Å². The zero-order valence-corrected chi connectivity index (χ0v) is 6.18. The van der Waals surface area contributed by atoms with Crippen LogP contribution in [-0.4, -0.2) is 19.3 Å². The molecular weight excluding hydrogens is 125 g/mol. The molecule has 0 radical (unpaired) electrons. The van der Waals surface area contributed by atoms with E-state index in [1.165, 1.54) is 0 Å². The molecule has 3 nitrogen and oxygen atoms in total. The topological polar surface area (TPSA) is 52.3 Å². The monoisotopic (exact) mass is 137 g/mol. The highest BCUT2D eigenvalue weighted by atomic mass is 31.1. The van der Waals surface area contributed by atoms with Crippen LogP contribution < -0.4 is 5.73 Å². The van der Waals surface area contributed by atoms with Crippen molar-refractivity contribution in [2.75, 3.05) is 13.2 Å². The van der Waals surface area contributed by atoms with Gasteiger partial charge in [0.1, 0.15) is 0 Å². The van der Waals surface area contributed by atoms with E-state index in [9.17, 15) is 4.57 Å². The van der Waals surface area contributed by atoms with Crippen LogP contribution in [-0.2, 0) is 9.09 Å². The van der Waals surface area contributed by atoms with E-state index in [0.29, 0.717) is 6.54 Å². The molecule has 0 bridgehead atoms. The Balaban J connectivity index is 3.24. The van der Waals surface area contributed by atoms with E-state index in [1.807, 2.05) is 0 Å². The van der Waals surface area contributed by atoms with Crippen LogP contribution in [0.4, 0.5) is 0 Å². The van der Waals surface area contributed by atoms with Crippen molar-refractivity contribution in [3.05, 3.63) is 0 Å². The fourth-order valence-electron chi connectivity index (χ4n) is 0.331. The van der Waals surface area contributed by atoms with E-state index in [1.54, 1.807) is 13.6 Å². The van der Waals surface area contributed by atoms with Crippen LogP contribution in [0.2, 0.25) is 0 Å². The summed E-state index contributed by atoms with van der Waals surface area (Å²) in [4.78, 5) is 0. The Kier molecular flexibility index (Phi) is 4.15. The zero-order chi connectivity index (χ0) is 6.57. The molecule has 0 saturated heterocycles. The van der Waals surface area contributed by atoms with Gasteiger partial charge in [0.05, 0.1) is 6.10 Å². The lowest BCUT2D eigenvalue weighted by atomic mass is 10.4. The van der Waals surface area contributed by atoms with E-state index in [4.69, 9.17) is 10.3 Å². The standard InChI is InChI=1S/C4H12NO2P/c1-4(3-5)7-8(2)6/h4,8H,3,5H2,1-2H3. The summed E-state index contributed by atoms with van der Waals surface area (Å²) in [6, 6.07) is 0. The molecule has 0 aliphatic heterocycles. The van der Waals surface area contributed by atoms with Crippen molar-refractivity contribution in [1.82, 2.24) is 0 Å². The van der Waals surface area contributed by atoms with Crippen molar-refractivity contribution in [2.45, 2.75) is 13.0 Å². The van der Waals surface area contributed by atoms with Crippen LogP contribution in [0.5, 0.6) is 0 Å². The second-order valence-corrected chi connectivity index (χ2v) is 2.87. The van der Waals surface area contributed by atoms with Crippen molar-refractivity contribution in [3.8, 4) is 0 Å². The van der Waals surface area contributed by atoms with Crippen LogP contribution in [0.25, 0.3) is 0 Å². The molecule has 8 heavy (non-hydrogen) atoms. The average molecular weight is 137 g/mol. The van der Waals surface area contributed by atoms with Gasteiger partial charge in [-0.2, -0.15) is 0 Å². The third kappa shape index (κ3) is 4.31. The summed E-state index contributed by atoms with van der Waals surface area (Å²) in [6.45, 7) is 3.78. The molecule has 2 unspecified atom stereocenters. The molecule has 0 spiro atoms. The maximum atomic E-state index is 10.3. The van der Waals surface area contributed by atoms with Gasteiger partial charge in [0.15, 0.2) is 8.03 Å². The van der Waals surface area contributed by atoms with E-state index in [2.05, 4.69) is 0 Å². The van der Waals surface area contributed by atoms with Gasteiger partial charge < -0.3 is 10.3 Å². The van der Waals surface area contributed by atoms with Crippen molar-refractivity contribution in [1.29, 1.82) is 0 Å². The predicted molar refractivity (Wildman–Crippen MR) is 34.5 cm³/mol. The van der Waals surface area contributed by atoms with E-state index in [0.717, 1.165) is 0 Å². The van der Waals surface area contributed by atoms with Gasteiger partial charge >= 0.3 is 0 Å². The second-order valence-electron chi connectivity index (χ2n) is 1.66. The van der Waals surface area contributed by atoms with Gasteiger partial charge in [-0.25, -0.2) is 0 Å². The third-order valence-corrected chi connectivity index (χ3v) is 1.43. The lowest BCUT2D eigenvalue weighted by molar-refractivity contribution is 0.245. The molecular formula is C4H12NO2P. The molecule has 0 aromatic rings. The lowest BCUT2D eigenvalue weighted by Crippen LogP contribution is -2.16. The van der Waals surface area contributed by atoms with Gasteiger partial charge in [0.25, 0.3) is 0 Å². The SMILES string of the molecule is CC(CN)O[PH](C)=O. The van der Waals surface area contributed by atoms with Crippen molar-refractivity contribution in [2.24, 2.45) is 5.73 Å². The van der Waals surface area contributed by atoms with Gasteiger partial charge in [0, 0.05) is 13.2 Å². The summed E-state index contributed by atoms with van der Waals surface area (Å²) >= 11 is 0. The molecule has 0 aromatic carbocycles. The van der Waals surface area contributed by atoms with Crippen molar-refractivity contribution >= 4 is 8.03 Å². The van der Waals surface area contributed by atoms with Gasteiger partial charge in [-0.05, 0) is 6.92 Å². The summed E-state index contributed by atoms with van der Waals surface area (Å²) in [5.41, 5.74) is 5.17. The Morgan fingerprint density at radius 2 is 2.38 bits per heavy atom. The predicted octanol–water partition coefficient (Wildman–Crippen LogP) is 0.455. The molecule has 0 heterocycles. The number of rotatable bonds is 3. The Morgan fingerprint density at radius 3 is 2.50 bits per heavy atom. The Labute approximate surface area is 50.1 Å². The molecule has 0 fully saturated rings. The summed E-state index contributed by atoms with van der Waals surface area (Å²) in [7, 11) is -1.78. The van der Waals surface area contributed by atoms with E-state index >= 15 is 0 Å². The minimum Gasteiger partial charge on any atom is -0.328 e. The molecule has 50 valence electrons. The van der Waals surface area contributed by atoms with Crippen LogP contribution in [0.3, 0.4) is 0 Å². The van der Waals surface area contributed by atoms with E-state index < -0.39 is 8.03 Å². The minimum atomic E-state index is -1.78. The summed E-state index contributed by atoms with van der Waals surface area (Å²) in [5, 5.41) is 0. The van der Waals surface area contributed by atoms with Crippen LogP contribution in [0.1, 0.15) is 6.92 Å². The zero-order valence-electron chi connectivity index (χ0n) is 5.18. The van der Waals surface area contributed by atoms with Gasteiger partial charge in [-0.15, -0.1) is 0 Å². The number of hydrogen-bond acceptors (Lipinski definition) is 3. The Morgan fingerprint density at radius 1 is 1.88 bits per heavy atom. The van der Waals surface area contributed by atoms with Gasteiger partial charge in [0.2, 0.25) is 0 Å². The van der Waals surface area contributed by atoms with Gasteiger partial charge in [-0.1, -0.05) is 0 Å². The second kappa shape index (κ2) is 4.07.